The minimum Gasteiger partial charge on any atom is -0.399 e. The first kappa shape index (κ1) is 13.9. The summed E-state index contributed by atoms with van der Waals surface area (Å²) >= 11 is 0. The summed E-state index contributed by atoms with van der Waals surface area (Å²) in [6.07, 6.45) is 0. The standard InChI is InChI=1S/C16H19N3O/c1-2-19(15-8-6-14(17)7-9-15)11-12-4-3-5-13(10-12)16(18)20/h3-10H,2,11,17H2,1H3,(H2,18,20). The van der Waals surface area contributed by atoms with Gasteiger partial charge in [0.25, 0.3) is 0 Å². The lowest BCUT2D eigenvalue weighted by Crippen LogP contribution is -2.22. The van der Waals surface area contributed by atoms with Gasteiger partial charge >= 0.3 is 0 Å². The van der Waals surface area contributed by atoms with E-state index in [2.05, 4.69) is 11.8 Å². The molecule has 0 aliphatic heterocycles. The van der Waals surface area contributed by atoms with E-state index in [1.807, 2.05) is 42.5 Å². The van der Waals surface area contributed by atoms with Gasteiger partial charge in [0.05, 0.1) is 0 Å². The molecule has 1 amide bonds. The van der Waals surface area contributed by atoms with Crippen LogP contribution in [0.5, 0.6) is 0 Å². The Morgan fingerprint density at radius 3 is 2.45 bits per heavy atom. The van der Waals surface area contributed by atoms with E-state index >= 15 is 0 Å². The van der Waals surface area contributed by atoms with Crippen LogP contribution in [0.4, 0.5) is 11.4 Å². The summed E-state index contributed by atoms with van der Waals surface area (Å²) in [4.78, 5) is 13.4. The number of primary amides is 1. The van der Waals surface area contributed by atoms with Gasteiger partial charge < -0.3 is 16.4 Å². The maximum absolute atomic E-state index is 11.2. The topological polar surface area (TPSA) is 72.3 Å². The molecule has 4 heteroatoms. The third kappa shape index (κ3) is 3.29. The summed E-state index contributed by atoms with van der Waals surface area (Å²) < 4.78 is 0. The minimum atomic E-state index is -0.401. The Morgan fingerprint density at radius 2 is 1.85 bits per heavy atom. The molecular formula is C16H19N3O. The number of hydrogen-bond acceptors (Lipinski definition) is 3. The summed E-state index contributed by atoms with van der Waals surface area (Å²) in [6.45, 7) is 3.68. The van der Waals surface area contributed by atoms with Crippen LogP contribution < -0.4 is 16.4 Å². The van der Waals surface area contributed by atoms with Crippen molar-refractivity contribution in [3.63, 3.8) is 0 Å². The van der Waals surface area contributed by atoms with Crippen LogP contribution in [0.25, 0.3) is 0 Å². The van der Waals surface area contributed by atoms with Crippen LogP contribution in [0, 0.1) is 0 Å². The van der Waals surface area contributed by atoms with Crippen molar-refractivity contribution in [2.75, 3.05) is 17.2 Å². The number of nitrogens with zero attached hydrogens (tertiary/aromatic N) is 1. The highest BCUT2D eigenvalue weighted by Crippen LogP contribution is 2.19. The maximum atomic E-state index is 11.2. The molecule has 0 saturated carbocycles. The molecule has 0 radical (unpaired) electrons. The fourth-order valence-electron chi connectivity index (χ4n) is 2.11. The van der Waals surface area contributed by atoms with Crippen LogP contribution in [0.1, 0.15) is 22.8 Å². The molecule has 0 fully saturated rings. The number of hydrogen-bond donors (Lipinski definition) is 2. The van der Waals surface area contributed by atoms with Crippen molar-refractivity contribution in [2.45, 2.75) is 13.5 Å². The summed E-state index contributed by atoms with van der Waals surface area (Å²) in [5.41, 5.74) is 14.5. The summed E-state index contributed by atoms with van der Waals surface area (Å²) in [5.74, 6) is -0.401. The number of anilines is 2. The molecule has 104 valence electrons. The van der Waals surface area contributed by atoms with E-state index in [0.717, 1.165) is 30.0 Å². The van der Waals surface area contributed by atoms with Gasteiger partial charge in [0.1, 0.15) is 0 Å². The van der Waals surface area contributed by atoms with Crippen LogP contribution in [-0.4, -0.2) is 12.5 Å². The zero-order valence-corrected chi connectivity index (χ0v) is 11.5. The number of carbonyl (C=O) groups is 1. The van der Waals surface area contributed by atoms with Crippen molar-refractivity contribution in [1.82, 2.24) is 0 Å². The highest BCUT2D eigenvalue weighted by Gasteiger charge is 2.07. The molecule has 0 heterocycles. The smallest absolute Gasteiger partial charge is 0.248 e. The van der Waals surface area contributed by atoms with E-state index in [-0.39, 0.29) is 0 Å². The SMILES string of the molecule is CCN(Cc1cccc(C(N)=O)c1)c1ccc(N)cc1. The third-order valence-electron chi connectivity index (χ3n) is 3.22. The Labute approximate surface area is 119 Å². The van der Waals surface area contributed by atoms with E-state index in [9.17, 15) is 4.79 Å². The number of benzene rings is 2. The number of nitrogens with two attached hydrogens (primary N) is 2. The first-order valence-corrected chi connectivity index (χ1v) is 6.59. The molecule has 0 aromatic heterocycles. The predicted molar refractivity (Wildman–Crippen MR) is 82.5 cm³/mol. The largest absolute Gasteiger partial charge is 0.399 e. The zero-order valence-electron chi connectivity index (χ0n) is 11.5. The Balaban J connectivity index is 2.19. The average molecular weight is 269 g/mol. The minimum absolute atomic E-state index is 0.401. The van der Waals surface area contributed by atoms with Crippen LogP contribution >= 0.6 is 0 Å². The summed E-state index contributed by atoms with van der Waals surface area (Å²) in [6, 6.07) is 15.2. The van der Waals surface area contributed by atoms with Gasteiger partial charge in [0, 0.05) is 30.0 Å². The first-order chi connectivity index (χ1) is 9.60. The molecule has 2 aromatic carbocycles. The average Bonchev–Trinajstić information content (AvgIpc) is 2.46. The van der Waals surface area contributed by atoms with Gasteiger partial charge in [0.15, 0.2) is 0 Å². The van der Waals surface area contributed by atoms with Crippen LogP contribution in [0.2, 0.25) is 0 Å². The van der Waals surface area contributed by atoms with Crippen molar-refractivity contribution in [2.24, 2.45) is 5.73 Å². The Hall–Kier alpha value is -2.49. The summed E-state index contributed by atoms with van der Waals surface area (Å²) in [5, 5.41) is 0. The van der Waals surface area contributed by atoms with Gasteiger partial charge in [-0.25, -0.2) is 0 Å². The van der Waals surface area contributed by atoms with E-state index in [1.165, 1.54) is 0 Å². The Bertz CT molecular complexity index is 593. The molecule has 2 rings (SSSR count). The van der Waals surface area contributed by atoms with Crippen molar-refractivity contribution in [3.05, 3.63) is 59.7 Å². The van der Waals surface area contributed by atoms with Crippen LogP contribution in [-0.2, 0) is 6.54 Å². The Morgan fingerprint density at radius 1 is 1.15 bits per heavy atom. The molecule has 0 aliphatic rings. The third-order valence-corrected chi connectivity index (χ3v) is 3.22. The number of nitrogen functional groups attached to an aromatic ring is 1. The normalized spacial score (nSPS) is 10.2. The van der Waals surface area contributed by atoms with E-state index in [4.69, 9.17) is 11.5 Å². The van der Waals surface area contributed by atoms with Gasteiger partial charge in [-0.05, 0) is 48.9 Å². The molecular weight excluding hydrogens is 250 g/mol. The second-order valence-electron chi connectivity index (χ2n) is 4.67. The van der Waals surface area contributed by atoms with Gasteiger partial charge in [-0.2, -0.15) is 0 Å². The van der Waals surface area contributed by atoms with E-state index in [1.54, 1.807) is 6.07 Å². The van der Waals surface area contributed by atoms with E-state index in [0.29, 0.717) is 5.56 Å². The van der Waals surface area contributed by atoms with Gasteiger partial charge in [-0.15, -0.1) is 0 Å². The second kappa shape index (κ2) is 6.10. The lowest BCUT2D eigenvalue weighted by molar-refractivity contribution is 0.1000. The Kier molecular flexibility index (Phi) is 4.25. The van der Waals surface area contributed by atoms with Crippen molar-refractivity contribution in [3.8, 4) is 0 Å². The first-order valence-electron chi connectivity index (χ1n) is 6.59. The molecule has 0 aliphatic carbocycles. The molecule has 0 atom stereocenters. The highest BCUT2D eigenvalue weighted by molar-refractivity contribution is 5.92. The fourth-order valence-corrected chi connectivity index (χ4v) is 2.11. The van der Waals surface area contributed by atoms with Crippen LogP contribution in [0.15, 0.2) is 48.5 Å². The molecule has 0 bridgehead atoms. The lowest BCUT2D eigenvalue weighted by Gasteiger charge is -2.23. The molecule has 4 nitrogen and oxygen atoms in total. The predicted octanol–water partition coefficient (Wildman–Crippen LogP) is 2.39. The molecule has 0 spiro atoms. The van der Waals surface area contributed by atoms with Gasteiger partial charge in [0.2, 0.25) is 5.91 Å². The molecule has 2 aromatic rings. The van der Waals surface area contributed by atoms with Gasteiger partial charge in [-0.3, -0.25) is 4.79 Å². The number of amides is 1. The molecule has 0 unspecified atom stereocenters. The molecule has 20 heavy (non-hydrogen) atoms. The fraction of sp³-hybridized carbons (Fsp3) is 0.188. The highest BCUT2D eigenvalue weighted by atomic mass is 16.1. The van der Waals surface area contributed by atoms with Crippen LogP contribution in [0.3, 0.4) is 0 Å². The quantitative estimate of drug-likeness (QED) is 0.819. The molecule has 0 saturated heterocycles. The van der Waals surface area contributed by atoms with Crippen molar-refractivity contribution < 1.29 is 4.79 Å². The lowest BCUT2D eigenvalue weighted by atomic mass is 10.1. The monoisotopic (exact) mass is 269 g/mol. The van der Waals surface area contributed by atoms with Crippen molar-refractivity contribution in [1.29, 1.82) is 0 Å². The number of carbonyl (C=O) groups excluding carboxylic acids is 1. The second-order valence-corrected chi connectivity index (χ2v) is 4.67. The maximum Gasteiger partial charge on any atom is 0.248 e. The van der Waals surface area contributed by atoms with E-state index < -0.39 is 5.91 Å². The summed E-state index contributed by atoms with van der Waals surface area (Å²) in [7, 11) is 0. The zero-order chi connectivity index (χ0) is 14.5. The number of rotatable bonds is 5. The van der Waals surface area contributed by atoms with Crippen molar-refractivity contribution >= 4 is 17.3 Å². The molecule has 4 N–H and O–H groups in total. The van der Waals surface area contributed by atoms with Gasteiger partial charge in [-0.1, -0.05) is 12.1 Å².